The van der Waals surface area contributed by atoms with E-state index >= 15 is 0 Å². The second-order valence-electron chi connectivity index (χ2n) is 2.66. The standard InChI is InChI=1S/C8H15IN2/c1-6(2)7(10)4-5-8(9)11-3/h4,6H,5,10H2,1-3H3/b7-4-,11-8-. The molecule has 2 N–H and O–H groups in total. The summed E-state index contributed by atoms with van der Waals surface area (Å²) >= 11 is 2.21. The SMILES string of the molecule is C/N=C(\I)C/C=C(\N)C(C)C. The second kappa shape index (κ2) is 5.57. The molecule has 0 aromatic rings. The van der Waals surface area contributed by atoms with Gasteiger partial charge in [0.1, 0.15) is 0 Å². The van der Waals surface area contributed by atoms with E-state index in [-0.39, 0.29) is 0 Å². The van der Waals surface area contributed by atoms with Crippen LogP contribution in [0.1, 0.15) is 20.3 Å². The average molecular weight is 266 g/mol. The Bertz CT molecular complexity index is 171. The molecule has 0 atom stereocenters. The monoisotopic (exact) mass is 266 g/mol. The van der Waals surface area contributed by atoms with Gasteiger partial charge in [-0.25, -0.2) is 0 Å². The summed E-state index contributed by atoms with van der Waals surface area (Å²) in [7, 11) is 1.79. The van der Waals surface area contributed by atoms with Crippen LogP contribution in [-0.4, -0.2) is 10.8 Å². The van der Waals surface area contributed by atoms with Crippen LogP contribution in [0.15, 0.2) is 16.8 Å². The Labute approximate surface area is 82.1 Å². The minimum absolute atomic E-state index is 0.441. The first kappa shape index (κ1) is 10.9. The first-order chi connectivity index (χ1) is 5.07. The molecular weight excluding hydrogens is 251 g/mol. The summed E-state index contributed by atoms with van der Waals surface area (Å²) in [5, 5.41) is 0. The lowest BCUT2D eigenvalue weighted by molar-refractivity contribution is 0.753. The van der Waals surface area contributed by atoms with Gasteiger partial charge >= 0.3 is 0 Å². The molecule has 0 aromatic heterocycles. The number of hydrogen-bond donors (Lipinski definition) is 1. The molecule has 0 saturated heterocycles. The van der Waals surface area contributed by atoms with Gasteiger partial charge in [-0.15, -0.1) is 0 Å². The molecule has 0 amide bonds. The van der Waals surface area contributed by atoms with Gasteiger partial charge in [-0.3, -0.25) is 4.99 Å². The number of aliphatic imine (C=N–C) groups is 1. The normalized spacial score (nSPS) is 14.3. The molecular formula is C8H15IN2. The Kier molecular flexibility index (Phi) is 5.54. The number of nitrogens with two attached hydrogens (primary N) is 1. The molecule has 0 fully saturated rings. The lowest BCUT2D eigenvalue weighted by Crippen LogP contribution is -2.05. The molecule has 0 saturated carbocycles. The van der Waals surface area contributed by atoms with Gasteiger partial charge in [0.2, 0.25) is 0 Å². The maximum absolute atomic E-state index is 5.72. The highest BCUT2D eigenvalue weighted by Crippen LogP contribution is 2.05. The molecule has 64 valence electrons. The quantitative estimate of drug-likeness (QED) is 0.618. The van der Waals surface area contributed by atoms with Gasteiger partial charge in [-0.2, -0.15) is 0 Å². The first-order valence-corrected chi connectivity index (χ1v) is 4.72. The van der Waals surface area contributed by atoms with Crippen molar-refractivity contribution in [1.29, 1.82) is 0 Å². The van der Waals surface area contributed by atoms with Crippen LogP contribution in [0, 0.1) is 5.92 Å². The largest absolute Gasteiger partial charge is 0.402 e. The predicted molar refractivity (Wildman–Crippen MR) is 59.1 cm³/mol. The van der Waals surface area contributed by atoms with Crippen molar-refractivity contribution in [1.82, 2.24) is 0 Å². The molecule has 11 heavy (non-hydrogen) atoms. The number of allylic oxidation sites excluding steroid dienone is 2. The zero-order valence-corrected chi connectivity index (χ0v) is 9.42. The first-order valence-electron chi connectivity index (χ1n) is 3.64. The molecule has 0 heterocycles. The van der Waals surface area contributed by atoms with Crippen molar-refractivity contribution in [2.75, 3.05) is 7.05 Å². The molecule has 0 aliphatic rings. The minimum Gasteiger partial charge on any atom is -0.402 e. The van der Waals surface area contributed by atoms with Gasteiger partial charge in [0.25, 0.3) is 0 Å². The molecule has 0 spiro atoms. The number of hydrogen-bond acceptors (Lipinski definition) is 2. The van der Waals surface area contributed by atoms with Gasteiger partial charge in [-0.05, 0) is 28.5 Å². The van der Waals surface area contributed by atoms with E-state index < -0.39 is 0 Å². The van der Waals surface area contributed by atoms with Gasteiger partial charge in [-0.1, -0.05) is 19.9 Å². The smallest absolute Gasteiger partial charge is 0.0763 e. The highest BCUT2D eigenvalue weighted by atomic mass is 127. The van der Waals surface area contributed by atoms with E-state index in [0.717, 1.165) is 15.8 Å². The van der Waals surface area contributed by atoms with E-state index in [0.29, 0.717) is 5.92 Å². The molecule has 0 radical (unpaired) electrons. The zero-order chi connectivity index (χ0) is 8.85. The summed E-state index contributed by atoms with van der Waals surface area (Å²) in [6.07, 6.45) is 2.89. The third-order valence-corrected chi connectivity index (χ3v) is 2.34. The topological polar surface area (TPSA) is 38.4 Å². The van der Waals surface area contributed by atoms with Crippen LogP contribution in [0.2, 0.25) is 0 Å². The Morgan fingerprint density at radius 1 is 1.64 bits per heavy atom. The van der Waals surface area contributed by atoms with Crippen molar-refractivity contribution in [2.45, 2.75) is 20.3 Å². The molecule has 3 heteroatoms. The van der Waals surface area contributed by atoms with Crippen LogP contribution in [0.3, 0.4) is 0 Å². The van der Waals surface area contributed by atoms with Crippen molar-refractivity contribution in [2.24, 2.45) is 16.6 Å². The van der Waals surface area contributed by atoms with Crippen LogP contribution in [0.25, 0.3) is 0 Å². The van der Waals surface area contributed by atoms with Gasteiger partial charge in [0, 0.05) is 19.2 Å². The Hall–Kier alpha value is -0.0600. The zero-order valence-electron chi connectivity index (χ0n) is 7.26. The fourth-order valence-electron chi connectivity index (χ4n) is 0.529. The summed E-state index contributed by atoms with van der Waals surface area (Å²) < 4.78 is 1.09. The summed E-state index contributed by atoms with van der Waals surface area (Å²) in [6, 6.07) is 0. The van der Waals surface area contributed by atoms with E-state index in [1.165, 1.54) is 0 Å². The maximum Gasteiger partial charge on any atom is 0.0763 e. The van der Waals surface area contributed by atoms with E-state index in [9.17, 15) is 0 Å². The molecule has 0 aliphatic carbocycles. The van der Waals surface area contributed by atoms with Crippen molar-refractivity contribution >= 4 is 26.3 Å². The van der Waals surface area contributed by atoms with Gasteiger partial charge in [0.15, 0.2) is 0 Å². The van der Waals surface area contributed by atoms with Gasteiger partial charge in [0.05, 0.1) is 3.72 Å². The van der Waals surface area contributed by atoms with Crippen LogP contribution in [-0.2, 0) is 0 Å². The van der Waals surface area contributed by atoms with E-state index in [1.807, 2.05) is 6.08 Å². The number of nitrogens with zero attached hydrogens (tertiary/aromatic N) is 1. The Morgan fingerprint density at radius 2 is 2.18 bits per heavy atom. The molecule has 0 rings (SSSR count). The van der Waals surface area contributed by atoms with Gasteiger partial charge < -0.3 is 5.73 Å². The van der Waals surface area contributed by atoms with Crippen LogP contribution in [0.4, 0.5) is 0 Å². The Balaban J connectivity index is 3.92. The summed E-state index contributed by atoms with van der Waals surface area (Å²) in [4.78, 5) is 4.02. The molecule has 0 bridgehead atoms. The van der Waals surface area contributed by atoms with Crippen molar-refractivity contribution < 1.29 is 0 Å². The molecule has 0 aliphatic heterocycles. The average Bonchev–Trinajstić information content (AvgIpc) is 1.99. The van der Waals surface area contributed by atoms with Crippen molar-refractivity contribution in [3.8, 4) is 0 Å². The predicted octanol–water partition coefficient (Wildman–Crippen LogP) is 2.34. The van der Waals surface area contributed by atoms with Crippen molar-refractivity contribution in [3.05, 3.63) is 11.8 Å². The summed E-state index contributed by atoms with van der Waals surface area (Å²) in [5.41, 5.74) is 6.67. The van der Waals surface area contributed by atoms with Crippen LogP contribution < -0.4 is 5.73 Å². The van der Waals surface area contributed by atoms with E-state index in [1.54, 1.807) is 7.05 Å². The lowest BCUT2D eigenvalue weighted by Gasteiger charge is -2.03. The van der Waals surface area contributed by atoms with E-state index in [4.69, 9.17) is 5.73 Å². The molecule has 2 nitrogen and oxygen atoms in total. The molecule has 0 aromatic carbocycles. The number of halogens is 1. The lowest BCUT2D eigenvalue weighted by atomic mass is 10.1. The Morgan fingerprint density at radius 3 is 2.55 bits per heavy atom. The highest BCUT2D eigenvalue weighted by Gasteiger charge is 1.96. The summed E-state index contributed by atoms with van der Waals surface area (Å²) in [6.45, 7) is 4.17. The number of rotatable bonds is 3. The summed E-state index contributed by atoms with van der Waals surface area (Å²) in [5.74, 6) is 0.441. The minimum atomic E-state index is 0.441. The van der Waals surface area contributed by atoms with Crippen LogP contribution >= 0.6 is 22.6 Å². The van der Waals surface area contributed by atoms with Crippen LogP contribution in [0.5, 0.6) is 0 Å². The fourth-order valence-corrected chi connectivity index (χ4v) is 0.749. The second-order valence-corrected chi connectivity index (χ2v) is 3.91. The third kappa shape index (κ3) is 5.24. The fraction of sp³-hybridized carbons (Fsp3) is 0.625. The highest BCUT2D eigenvalue weighted by molar-refractivity contribution is 14.1. The maximum atomic E-state index is 5.72. The molecule has 0 unspecified atom stereocenters. The van der Waals surface area contributed by atoms with Crippen molar-refractivity contribution in [3.63, 3.8) is 0 Å². The van der Waals surface area contributed by atoms with E-state index in [2.05, 4.69) is 41.4 Å². The third-order valence-electron chi connectivity index (χ3n) is 1.42.